The maximum absolute atomic E-state index is 12.6. The summed E-state index contributed by atoms with van der Waals surface area (Å²) in [6.45, 7) is 4.69. The summed E-state index contributed by atoms with van der Waals surface area (Å²) in [5, 5.41) is 2.88. The Morgan fingerprint density at radius 2 is 2.11 bits per heavy atom. The van der Waals surface area contributed by atoms with Crippen LogP contribution in [0.25, 0.3) is 0 Å². The van der Waals surface area contributed by atoms with Gasteiger partial charge in [0.1, 0.15) is 10.7 Å². The Labute approximate surface area is 115 Å². The predicted octanol–water partition coefficient (Wildman–Crippen LogP) is 1.93. The molecule has 2 rings (SSSR count). The highest BCUT2D eigenvalue weighted by Crippen LogP contribution is 2.28. The van der Waals surface area contributed by atoms with Crippen molar-refractivity contribution < 1.29 is 8.42 Å². The van der Waals surface area contributed by atoms with Crippen molar-refractivity contribution in [1.82, 2.24) is 9.29 Å². The van der Waals surface area contributed by atoms with Crippen molar-refractivity contribution >= 4 is 15.8 Å². The van der Waals surface area contributed by atoms with E-state index in [0.29, 0.717) is 18.3 Å². The summed E-state index contributed by atoms with van der Waals surface area (Å²) >= 11 is 0. The fourth-order valence-electron chi connectivity index (χ4n) is 2.45. The Balaban J connectivity index is 2.30. The molecule has 1 aromatic rings. The molecular formula is C13H21N3O2S. The van der Waals surface area contributed by atoms with E-state index in [1.165, 1.54) is 6.20 Å². The fraction of sp³-hybridized carbons (Fsp3) is 0.615. The van der Waals surface area contributed by atoms with E-state index in [9.17, 15) is 8.42 Å². The van der Waals surface area contributed by atoms with Crippen LogP contribution in [0.15, 0.2) is 23.2 Å². The first-order chi connectivity index (χ1) is 8.96. The van der Waals surface area contributed by atoms with E-state index in [4.69, 9.17) is 0 Å². The van der Waals surface area contributed by atoms with Gasteiger partial charge >= 0.3 is 0 Å². The molecule has 0 saturated carbocycles. The molecule has 0 bridgehead atoms. The van der Waals surface area contributed by atoms with Crippen molar-refractivity contribution in [2.45, 2.75) is 37.6 Å². The molecule has 1 aliphatic rings. The van der Waals surface area contributed by atoms with Crippen LogP contribution in [0.1, 0.15) is 26.7 Å². The van der Waals surface area contributed by atoms with E-state index in [-0.39, 0.29) is 10.9 Å². The number of aromatic nitrogens is 1. The molecule has 1 fully saturated rings. The van der Waals surface area contributed by atoms with Crippen LogP contribution < -0.4 is 5.32 Å². The minimum atomic E-state index is -3.43. The van der Waals surface area contributed by atoms with Crippen LogP contribution in [0.5, 0.6) is 0 Å². The fourth-order valence-corrected chi connectivity index (χ4v) is 4.16. The molecule has 2 heterocycles. The van der Waals surface area contributed by atoms with E-state index >= 15 is 0 Å². The highest BCUT2D eigenvalue weighted by atomic mass is 32.2. The number of hydrogen-bond donors (Lipinski definition) is 1. The highest BCUT2D eigenvalue weighted by Gasteiger charge is 2.34. The standard InChI is InChI=1S/C13H21N3O2S/c1-10-5-4-8-16(11(10)2)19(17,18)12-6-7-13(14-3)15-9-12/h6-7,9-11H,4-5,8H2,1-3H3,(H,14,15). The lowest BCUT2D eigenvalue weighted by molar-refractivity contribution is 0.202. The topological polar surface area (TPSA) is 62.3 Å². The van der Waals surface area contributed by atoms with Crippen molar-refractivity contribution in [1.29, 1.82) is 0 Å². The molecule has 106 valence electrons. The lowest BCUT2D eigenvalue weighted by Crippen LogP contribution is -2.45. The number of anilines is 1. The summed E-state index contributed by atoms with van der Waals surface area (Å²) in [6, 6.07) is 3.34. The highest BCUT2D eigenvalue weighted by molar-refractivity contribution is 7.89. The zero-order valence-corrected chi connectivity index (χ0v) is 12.4. The summed E-state index contributed by atoms with van der Waals surface area (Å²) in [5.41, 5.74) is 0. The third-order valence-corrected chi connectivity index (χ3v) is 5.88. The second-order valence-corrected chi connectivity index (χ2v) is 7.00. The van der Waals surface area contributed by atoms with Crippen molar-refractivity contribution in [3.8, 4) is 0 Å². The molecule has 1 aliphatic heterocycles. The number of nitrogens with zero attached hydrogens (tertiary/aromatic N) is 2. The van der Waals surface area contributed by atoms with Gasteiger partial charge in [0.2, 0.25) is 10.0 Å². The first kappa shape index (κ1) is 14.3. The maximum Gasteiger partial charge on any atom is 0.244 e. The molecule has 1 aromatic heterocycles. The zero-order chi connectivity index (χ0) is 14.0. The number of pyridine rings is 1. The summed E-state index contributed by atoms with van der Waals surface area (Å²) < 4.78 is 26.8. The summed E-state index contributed by atoms with van der Waals surface area (Å²) in [7, 11) is -1.67. The van der Waals surface area contributed by atoms with Crippen LogP contribution in [-0.4, -0.2) is 37.3 Å². The Kier molecular flexibility index (Phi) is 4.10. The van der Waals surface area contributed by atoms with Crippen molar-refractivity contribution in [3.05, 3.63) is 18.3 Å². The number of nitrogens with one attached hydrogen (secondary N) is 1. The van der Waals surface area contributed by atoms with Gasteiger partial charge in [0.05, 0.1) is 0 Å². The van der Waals surface area contributed by atoms with Crippen LogP contribution in [-0.2, 0) is 10.0 Å². The molecule has 1 N–H and O–H groups in total. The van der Waals surface area contributed by atoms with Gasteiger partial charge in [-0.05, 0) is 37.8 Å². The van der Waals surface area contributed by atoms with Gasteiger partial charge in [-0.3, -0.25) is 0 Å². The Morgan fingerprint density at radius 1 is 1.37 bits per heavy atom. The lowest BCUT2D eigenvalue weighted by atomic mass is 9.94. The van der Waals surface area contributed by atoms with Crippen LogP contribution in [0.4, 0.5) is 5.82 Å². The molecule has 5 nitrogen and oxygen atoms in total. The van der Waals surface area contributed by atoms with E-state index in [0.717, 1.165) is 12.8 Å². The number of piperidine rings is 1. The van der Waals surface area contributed by atoms with E-state index in [2.05, 4.69) is 17.2 Å². The monoisotopic (exact) mass is 283 g/mol. The van der Waals surface area contributed by atoms with Crippen LogP contribution in [0.2, 0.25) is 0 Å². The molecular weight excluding hydrogens is 262 g/mol. The molecule has 2 atom stereocenters. The van der Waals surface area contributed by atoms with E-state index in [1.54, 1.807) is 23.5 Å². The number of sulfonamides is 1. The van der Waals surface area contributed by atoms with E-state index in [1.807, 2.05) is 6.92 Å². The molecule has 1 saturated heterocycles. The number of hydrogen-bond acceptors (Lipinski definition) is 4. The normalized spacial score (nSPS) is 25.2. The SMILES string of the molecule is CNc1ccc(S(=O)(=O)N2CCCC(C)C2C)cn1. The Morgan fingerprint density at radius 3 is 2.68 bits per heavy atom. The minimum Gasteiger partial charge on any atom is -0.373 e. The van der Waals surface area contributed by atoms with Crippen molar-refractivity contribution in [3.63, 3.8) is 0 Å². The molecule has 0 aromatic carbocycles. The van der Waals surface area contributed by atoms with Gasteiger partial charge in [0.25, 0.3) is 0 Å². The van der Waals surface area contributed by atoms with Crippen molar-refractivity contribution in [2.24, 2.45) is 5.92 Å². The summed E-state index contributed by atoms with van der Waals surface area (Å²) in [4.78, 5) is 4.36. The number of rotatable bonds is 3. The van der Waals surface area contributed by atoms with Gasteiger partial charge in [0.15, 0.2) is 0 Å². The average molecular weight is 283 g/mol. The van der Waals surface area contributed by atoms with Crippen LogP contribution in [0.3, 0.4) is 0 Å². The lowest BCUT2D eigenvalue weighted by Gasteiger charge is -2.36. The largest absolute Gasteiger partial charge is 0.373 e. The van der Waals surface area contributed by atoms with Crippen LogP contribution >= 0.6 is 0 Å². The van der Waals surface area contributed by atoms with Gasteiger partial charge in [-0.25, -0.2) is 13.4 Å². The first-order valence-corrected chi connectivity index (χ1v) is 8.06. The second-order valence-electron chi connectivity index (χ2n) is 5.11. The molecule has 19 heavy (non-hydrogen) atoms. The van der Waals surface area contributed by atoms with Gasteiger partial charge in [-0.15, -0.1) is 0 Å². The average Bonchev–Trinajstić information content (AvgIpc) is 2.41. The van der Waals surface area contributed by atoms with Gasteiger partial charge < -0.3 is 5.32 Å². The summed E-state index contributed by atoms with van der Waals surface area (Å²) in [6.07, 6.45) is 3.43. The predicted molar refractivity (Wildman–Crippen MR) is 75.5 cm³/mol. The Hall–Kier alpha value is -1.14. The van der Waals surface area contributed by atoms with Gasteiger partial charge in [0, 0.05) is 25.8 Å². The van der Waals surface area contributed by atoms with Gasteiger partial charge in [-0.1, -0.05) is 6.92 Å². The third-order valence-electron chi connectivity index (χ3n) is 3.91. The van der Waals surface area contributed by atoms with E-state index < -0.39 is 10.0 Å². The molecule has 0 spiro atoms. The maximum atomic E-state index is 12.6. The zero-order valence-electron chi connectivity index (χ0n) is 11.6. The minimum absolute atomic E-state index is 0.0442. The van der Waals surface area contributed by atoms with Gasteiger partial charge in [-0.2, -0.15) is 4.31 Å². The smallest absolute Gasteiger partial charge is 0.244 e. The second kappa shape index (κ2) is 5.46. The molecule has 0 aliphatic carbocycles. The third kappa shape index (κ3) is 2.74. The molecule has 0 amide bonds. The molecule has 0 radical (unpaired) electrons. The summed E-state index contributed by atoms with van der Waals surface area (Å²) in [5.74, 6) is 1.06. The van der Waals surface area contributed by atoms with Crippen LogP contribution in [0, 0.1) is 5.92 Å². The Bertz CT molecular complexity index is 527. The first-order valence-electron chi connectivity index (χ1n) is 6.62. The molecule has 2 unspecified atom stereocenters. The van der Waals surface area contributed by atoms with Crippen molar-refractivity contribution in [2.75, 3.05) is 18.9 Å². The molecule has 6 heteroatoms. The quantitative estimate of drug-likeness (QED) is 0.920.